The summed E-state index contributed by atoms with van der Waals surface area (Å²) in [5.74, 6) is 1.20. The van der Waals surface area contributed by atoms with Gasteiger partial charge >= 0.3 is 0 Å². The molecule has 0 aromatic carbocycles. The van der Waals surface area contributed by atoms with Crippen LogP contribution in [0.2, 0.25) is 0 Å². The topological polar surface area (TPSA) is 54.5 Å². The molecule has 0 radical (unpaired) electrons. The lowest BCUT2D eigenvalue weighted by molar-refractivity contribution is 0.817. The monoisotopic (exact) mass is 176 g/mol. The van der Waals surface area contributed by atoms with Gasteiger partial charge in [-0.15, -0.1) is 0 Å². The molecule has 0 aliphatic rings. The fraction of sp³-hybridized carbons (Fsp3) is 0.444. The van der Waals surface area contributed by atoms with E-state index in [0.29, 0.717) is 5.92 Å². The Morgan fingerprint density at radius 2 is 2.08 bits per heavy atom. The van der Waals surface area contributed by atoms with E-state index in [1.54, 1.807) is 6.20 Å². The Morgan fingerprint density at radius 1 is 1.31 bits per heavy atom. The van der Waals surface area contributed by atoms with Crippen LogP contribution in [0.3, 0.4) is 0 Å². The van der Waals surface area contributed by atoms with Crippen molar-refractivity contribution in [3.8, 4) is 0 Å². The van der Waals surface area contributed by atoms with Crippen LogP contribution in [0, 0.1) is 6.92 Å². The summed E-state index contributed by atoms with van der Waals surface area (Å²) >= 11 is 0. The third-order valence-corrected chi connectivity index (χ3v) is 2.00. The molecule has 4 heteroatoms. The van der Waals surface area contributed by atoms with Crippen LogP contribution in [0.4, 0.5) is 0 Å². The predicted octanol–water partition coefficient (Wildman–Crippen LogP) is 1.78. The molecule has 0 aliphatic carbocycles. The van der Waals surface area contributed by atoms with E-state index in [4.69, 9.17) is 0 Å². The molecule has 13 heavy (non-hydrogen) atoms. The van der Waals surface area contributed by atoms with Crippen LogP contribution in [0.1, 0.15) is 31.3 Å². The van der Waals surface area contributed by atoms with Crippen LogP contribution in [0.15, 0.2) is 6.20 Å². The number of hydrogen-bond donors (Lipinski definition) is 1. The Kier molecular flexibility index (Phi) is 1.76. The number of aromatic nitrogens is 4. The summed E-state index contributed by atoms with van der Waals surface area (Å²) in [6, 6.07) is 0. The van der Waals surface area contributed by atoms with Crippen molar-refractivity contribution in [3.63, 3.8) is 0 Å². The van der Waals surface area contributed by atoms with E-state index < -0.39 is 0 Å². The van der Waals surface area contributed by atoms with Crippen molar-refractivity contribution in [2.24, 2.45) is 0 Å². The summed E-state index contributed by atoms with van der Waals surface area (Å²) < 4.78 is 0. The second-order valence-electron chi connectivity index (χ2n) is 3.44. The minimum absolute atomic E-state index is 0.404. The van der Waals surface area contributed by atoms with Gasteiger partial charge in [0.1, 0.15) is 5.82 Å². The van der Waals surface area contributed by atoms with Gasteiger partial charge in [0.25, 0.3) is 0 Å². The van der Waals surface area contributed by atoms with Crippen molar-refractivity contribution in [1.29, 1.82) is 0 Å². The number of fused-ring (bicyclic) bond motifs is 1. The van der Waals surface area contributed by atoms with Crippen LogP contribution in [-0.2, 0) is 0 Å². The van der Waals surface area contributed by atoms with E-state index in [-0.39, 0.29) is 0 Å². The predicted molar refractivity (Wildman–Crippen MR) is 50.5 cm³/mol. The SMILES string of the molecule is Cc1nc(C(C)C)c2cn[nH]c2n1. The van der Waals surface area contributed by atoms with Crippen LogP contribution < -0.4 is 0 Å². The maximum Gasteiger partial charge on any atom is 0.159 e. The molecule has 1 N–H and O–H groups in total. The van der Waals surface area contributed by atoms with Crippen molar-refractivity contribution in [2.45, 2.75) is 26.7 Å². The molecule has 0 unspecified atom stereocenters. The molecular weight excluding hydrogens is 164 g/mol. The number of hydrogen-bond acceptors (Lipinski definition) is 3. The summed E-state index contributed by atoms with van der Waals surface area (Å²) in [6.45, 7) is 6.13. The lowest BCUT2D eigenvalue weighted by atomic mass is 10.1. The van der Waals surface area contributed by atoms with E-state index in [9.17, 15) is 0 Å². The zero-order chi connectivity index (χ0) is 9.42. The molecule has 0 bridgehead atoms. The summed E-state index contributed by atoms with van der Waals surface area (Å²) in [5.41, 5.74) is 1.90. The molecule has 2 aromatic rings. The highest BCUT2D eigenvalue weighted by Crippen LogP contribution is 2.20. The summed E-state index contributed by atoms with van der Waals surface area (Å²) in [4.78, 5) is 8.65. The van der Waals surface area contributed by atoms with Gasteiger partial charge in [0.15, 0.2) is 5.65 Å². The second-order valence-corrected chi connectivity index (χ2v) is 3.44. The van der Waals surface area contributed by atoms with Gasteiger partial charge in [-0.1, -0.05) is 13.8 Å². The molecule has 2 aromatic heterocycles. The van der Waals surface area contributed by atoms with Gasteiger partial charge in [-0.05, 0) is 12.8 Å². The van der Waals surface area contributed by atoms with Crippen LogP contribution >= 0.6 is 0 Å². The lowest BCUT2D eigenvalue weighted by Crippen LogP contribution is -1.98. The van der Waals surface area contributed by atoms with Crippen LogP contribution in [0.25, 0.3) is 11.0 Å². The van der Waals surface area contributed by atoms with Gasteiger partial charge in [-0.2, -0.15) is 5.10 Å². The number of nitrogens with one attached hydrogen (secondary N) is 1. The lowest BCUT2D eigenvalue weighted by Gasteiger charge is -2.05. The Balaban J connectivity index is 2.77. The first-order chi connectivity index (χ1) is 6.18. The van der Waals surface area contributed by atoms with E-state index in [1.165, 1.54) is 0 Å². The standard InChI is InChI=1S/C9H12N4/c1-5(2)8-7-4-10-13-9(7)12-6(3)11-8/h4-5H,1-3H3,(H,10,11,12,13). The molecule has 0 aliphatic heterocycles. The molecule has 0 spiro atoms. The summed E-state index contributed by atoms with van der Waals surface area (Å²) in [5, 5.41) is 7.84. The molecule has 2 heterocycles. The molecule has 0 amide bonds. The summed E-state index contributed by atoms with van der Waals surface area (Å²) in [7, 11) is 0. The third-order valence-electron chi connectivity index (χ3n) is 2.00. The molecular formula is C9H12N4. The maximum absolute atomic E-state index is 4.40. The average molecular weight is 176 g/mol. The van der Waals surface area contributed by atoms with E-state index >= 15 is 0 Å². The Bertz CT molecular complexity index is 430. The zero-order valence-electron chi connectivity index (χ0n) is 8.00. The average Bonchev–Trinajstić information content (AvgIpc) is 2.49. The maximum atomic E-state index is 4.40. The van der Waals surface area contributed by atoms with Crippen LogP contribution in [-0.4, -0.2) is 20.2 Å². The number of H-pyrrole nitrogens is 1. The molecule has 0 atom stereocenters. The fourth-order valence-corrected chi connectivity index (χ4v) is 1.41. The Hall–Kier alpha value is -1.45. The van der Waals surface area contributed by atoms with Gasteiger partial charge in [-0.3, -0.25) is 5.10 Å². The van der Waals surface area contributed by atoms with Gasteiger partial charge in [0.2, 0.25) is 0 Å². The molecule has 4 nitrogen and oxygen atoms in total. The van der Waals surface area contributed by atoms with Crippen LogP contribution in [0.5, 0.6) is 0 Å². The highest BCUT2D eigenvalue weighted by Gasteiger charge is 2.09. The van der Waals surface area contributed by atoms with Gasteiger partial charge in [-0.25, -0.2) is 9.97 Å². The normalized spacial score (nSPS) is 11.4. The minimum atomic E-state index is 0.404. The second kappa shape index (κ2) is 2.80. The molecule has 2 rings (SSSR count). The fourth-order valence-electron chi connectivity index (χ4n) is 1.41. The minimum Gasteiger partial charge on any atom is -0.261 e. The number of aryl methyl sites for hydroxylation is 1. The number of aromatic amines is 1. The van der Waals surface area contributed by atoms with E-state index in [1.807, 2.05) is 6.92 Å². The summed E-state index contributed by atoms with van der Waals surface area (Å²) in [6.07, 6.45) is 1.78. The van der Waals surface area contributed by atoms with Gasteiger partial charge < -0.3 is 0 Å². The highest BCUT2D eigenvalue weighted by atomic mass is 15.1. The van der Waals surface area contributed by atoms with Gasteiger partial charge in [0, 0.05) is 0 Å². The number of nitrogens with zero attached hydrogens (tertiary/aromatic N) is 3. The van der Waals surface area contributed by atoms with E-state index in [0.717, 1.165) is 22.6 Å². The third kappa shape index (κ3) is 1.28. The van der Waals surface area contributed by atoms with Crippen molar-refractivity contribution in [1.82, 2.24) is 20.2 Å². The number of rotatable bonds is 1. The van der Waals surface area contributed by atoms with Crippen molar-refractivity contribution in [3.05, 3.63) is 17.7 Å². The largest absolute Gasteiger partial charge is 0.261 e. The quantitative estimate of drug-likeness (QED) is 0.720. The van der Waals surface area contributed by atoms with Gasteiger partial charge in [0.05, 0.1) is 17.3 Å². The molecule has 0 saturated carbocycles. The van der Waals surface area contributed by atoms with E-state index in [2.05, 4.69) is 34.0 Å². The Labute approximate surface area is 76.4 Å². The highest BCUT2D eigenvalue weighted by molar-refractivity contribution is 5.76. The first kappa shape index (κ1) is 8.16. The molecule has 0 saturated heterocycles. The zero-order valence-corrected chi connectivity index (χ0v) is 8.00. The molecule has 68 valence electrons. The van der Waals surface area contributed by atoms with Crippen molar-refractivity contribution in [2.75, 3.05) is 0 Å². The first-order valence-corrected chi connectivity index (χ1v) is 4.36. The van der Waals surface area contributed by atoms with Crippen molar-refractivity contribution < 1.29 is 0 Å². The molecule has 0 fully saturated rings. The first-order valence-electron chi connectivity index (χ1n) is 4.36. The van der Waals surface area contributed by atoms with Crippen molar-refractivity contribution >= 4 is 11.0 Å². The Morgan fingerprint density at radius 3 is 2.77 bits per heavy atom. The smallest absolute Gasteiger partial charge is 0.159 e.